The van der Waals surface area contributed by atoms with E-state index >= 15 is 0 Å². The molecule has 7 nitrogen and oxygen atoms in total. The number of hydrogen-bond acceptors (Lipinski definition) is 4. The van der Waals surface area contributed by atoms with Crippen LogP contribution in [0.3, 0.4) is 0 Å². The number of nitrogens with zero attached hydrogens (tertiary/aromatic N) is 4. The smallest absolute Gasteiger partial charge is 0.191 e. The Hall–Kier alpha value is -2.09. The quantitative estimate of drug-likeness (QED) is 0.381. The number of aliphatic imine (C=N–C) groups is 1. The number of halogens is 1. The number of nitrogens with one attached hydrogen (secondary N) is 2. The summed E-state index contributed by atoms with van der Waals surface area (Å²) in [5.41, 5.74) is 1.08. The van der Waals surface area contributed by atoms with Gasteiger partial charge in [-0.25, -0.2) is 0 Å². The molecular weight excluding hydrogens is 400 g/mol. The van der Waals surface area contributed by atoms with Crippen molar-refractivity contribution < 1.29 is 4.74 Å². The van der Waals surface area contributed by atoms with Crippen molar-refractivity contribution in [2.24, 2.45) is 4.99 Å². The Balaban J connectivity index is 1.58. The van der Waals surface area contributed by atoms with E-state index in [1.165, 1.54) is 5.56 Å². The van der Waals surface area contributed by atoms with Gasteiger partial charge in [0.25, 0.3) is 0 Å². The Labute approximate surface area is 184 Å². The van der Waals surface area contributed by atoms with Crippen LogP contribution in [0.4, 0.5) is 0 Å². The maximum absolute atomic E-state index is 6.12. The van der Waals surface area contributed by atoms with Crippen LogP contribution in [0, 0.1) is 0 Å². The molecule has 0 spiro atoms. The number of benzene rings is 1. The number of aromatic nitrogens is 2. The fourth-order valence-electron chi connectivity index (χ4n) is 3.76. The Morgan fingerprint density at radius 2 is 2.10 bits per heavy atom. The van der Waals surface area contributed by atoms with Crippen molar-refractivity contribution in [1.82, 2.24) is 25.3 Å². The fraction of sp³-hybridized carbons (Fsp3) is 0.545. The minimum atomic E-state index is -0.157. The first-order valence-electron chi connectivity index (χ1n) is 10.5. The minimum absolute atomic E-state index is 0.157. The lowest BCUT2D eigenvalue weighted by molar-refractivity contribution is -0.0971. The zero-order valence-corrected chi connectivity index (χ0v) is 18.9. The molecule has 1 fully saturated rings. The van der Waals surface area contributed by atoms with E-state index in [9.17, 15) is 0 Å². The van der Waals surface area contributed by atoms with E-state index in [0.29, 0.717) is 0 Å². The van der Waals surface area contributed by atoms with Crippen molar-refractivity contribution in [3.8, 4) is 0 Å². The summed E-state index contributed by atoms with van der Waals surface area (Å²) in [4.78, 5) is 6.86. The van der Waals surface area contributed by atoms with Gasteiger partial charge in [-0.1, -0.05) is 23.7 Å². The molecule has 0 bridgehead atoms. The molecule has 1 unspecified atom stereocenters. The molecule has 164 valence electrons. The average molecular weight is 433 g/mol. The number of hydrogen-bond donors (Lipinski definition) is 2. The Morgan fingerprint density at radius 1 is 1.30 bits per heavy atom. The second kappa shape index (κ2) is 10.8. The molecule has 0 amide bonds. The molecule has 0 radical (unpaired) electrons. The third kappa shape index (κ3) is 6.72. The Kier molecular flexibility index (Phi) is 8.13. The third-order valence-corrected chi connectivity index (χ3v) is 5.50. The van der Waals surface area contributed by atoms with Gasteiger partial charge in [0.15, 0.2) is 5.96 Å². The topological polar surface area (TPSA) is 66.7 Å². The second-order valence-electron chi connectivity index (χ2n) is 8.15. The highest BCUT2D eigenvalue weighted by Crippen LogP contribution is 2.27. The van der Waals surface area contributed by atoms with Crippen LogP contribution in [0.5, 0.6) is 0 Å². The van der Waals surface area contributed by atoms with Gasteiger partial charge in [-0.2, -0.15) is 5.10 Å². The van der Waals surface area contributed by atoms with Crippen LogP contribution in [0.15, 0.2) is 47.7 Å². The van der Waals surface area contributed by atoms with Gasteiger partial charge in [0.05, 0.1) is 18.2 Å². The Bertz CT molecular complexity index is 790. The van der Waals surface area contributed by atoms with Crippen LogP contribution < -0.4 is 10.6 Å². The van der Waals surface area contributed by atoms with E-state index in [0.717, 1.165) is 56.7 Å². The highest BCUT2D eigenvalue weighted by Gasteiger charge is 2.32. The number of guanidine groups is 1. The van der Waals surface area contributed by atoms with Crippen LogP contribution >= 0.6 is 11.6 Å². The fourth-order valence-corrected chi connectivity index (χ4v) is 3.88. The third-order valence-electron chi connectivity index (χ3n) is 5.25. The molecule has 0 aliphatic carbocycles. The zero-order chi connectivity index (χ0) is 21.4. The molecule has 30 heavy (non-hydrogen) atoms. The monoisotopic (exact) mass is 432 g/mol. The van der Waals surface area contributed by atoms with Gasteiger partial charge in [0, 0.05) is 57.2 Å². The van der Waals surface area contributed by atoms with E-state index in [1.54, 1.807) is 13.2 Å². The lowest BCUT2D eigenvalue weighted by atomic mass is 10.0. The summed E-state index contributed by atoms with van der Waals surface area (Å²) < 4.78 is 7.86. The molecule has 2 N–H and O–H groups in total. The highest BCUT2D eigenvalue weighted by atomic mass is 35.5. The SMILES string of the molecule is CN=C(NCCCn1cccn1)NCC(c1ccc(Cl)cc1)N1CCOC(C)(C)C1. The minimum Gasteiger partial charge on any atom is -0.373 e. The van der Waals surface area contributed by atoms with Crippen molar-refractivity contribution >= 4 is 17.6 Å². The van der Waals surface area contributed by atoms with Crippen molar-refractivity contribution in [2.75, 3.05) is 39.8 Å². The lowest BCUT2D eigenvalue weighted by Crippen LogP contribution is -2.52. The van der Waals surface area contributed by atoms with Gasteiger partial charge in [-0.05, 0) is 44.0 Å². The zero-order valence-electron chi connectivity index (χ0n) is 18.1. The van der Waals surface area contributed by atoms with Gasteiger partial charge >= 0.3 is 0 Å². The molecule has 1 aliphatic rings. The predicted molar refractivity (Wildman–Crippen MR) is 122 cm³/mol. The van der Waals surface area contributed by atoms with E-state index < -0.39 is 0 Å². The predicted octanol–water partition coefficient (Wildman–Crippen LogP) is 2.94. The standard InChI is InChI=1S/C22H33ClN6O/c1-22(2)17-28(14-15-30-22)20(18-6-8-19(23)9-7-18)16-26-21(24-3)25-10-4-12-29-13-5-11-27-29/h5-9,11,13,20H,4,10,12,14-17H2,1-3H3,(H2,24,25,26). The number of rotatable bonds is 8. The molecule has 1 aliphatic heterocycles. The largest absolute Gasteiger partial charge is 0.373 e. The first-order chi connectivity index (χ1) is 14.5. The molecular formula is C22H33ClN6O. The maximum Gasteiger partial charge on any atom is 0.191 e. The molecule has 1 atom stereocenters. The summed E-state index contributed by atoms with van der Waals surface area (Å²) in [6.07, 6.45) is 4.76. The first kappa shape index (κ1) is 22.6. The summed E-state index contributed by atoms with van der Waals surface area (Å²) in [7, 11) is 1.80. The van der Waals surface area contributed by atoms with Crippen LogP contribution in [-0.2, 0) is 11.3 Å². The lowest BCUT2D eigenvalue weighted by Gasteiger charge is -2.42. The summed E-state index contributed by atoms with van der Waals surface area (Å²) in [6, 6.07) is 10.3. The van der Waals surface area contributed by atoms with Crippen LogP contribution in [-0.4, -0.2) is 66.1 Å². The van der Waals surface area contributed by atoms with Crippen molar-refractivity contribution in [3.63, 3.8) is 0 Å². The summed E-state index contributed by atoms with van der Waals surface area (Å²) >= 11 is 6.12. The van der Waals surface area contributed by atoms with Crippen LogP contribution in [0.25, 0.3) is 0 Å². The van der Waals surface area contributed by atoms with Crippen molar-refractivity contribution in [1.29, 1.82) is 0 Å². The Morgan fingerprint density at radius 3 is 2.77 bits per heavy atom. The number of morpholine rings is 1. The van der Waals surface area contributed by atoms with Crippen LogP contribution in [0.1, 0.15) is 31.9 Å². The first-order valence-corrected chi connectivity index (χ1v) is 10.9. The normalized spacial score (nSPS) is 18.2. The highest BCUT2D eigenvalue weighted by molar-refractivity contribution is 6.30. The molecule has 3 rings (SSSR count). The average Bonchev–Trinajstić information content (AvgIpc) is 3.24. The molecule has 0 saturated carbocycles. The summed E-state index contributed by atoms with van der Waals surface area (Å²) in [5.74, 6) is 0.807. The molecule has 2 heterocycles. The summed E-state index contributed by atoms with van der Waals surface area (Å²) in [5, 5.41) is 11.9. The van der Waals surface area contributed by atoms with Gasteiger partial charge in [-0.3, -0.25) is 14.6 Å². The number of aryl methyl sites for hydroxylation is 1. The van der Waals surface area contributed by atoms with Crippen molar-refractivity contribution in [3.05, 3.63) is 53.3 Å². The molecule has 1 aromatic carbocycles. The molecule has 2 aromatic rings. The van der Waals surface area contributed by atoms with E-state index in [2.05, 4.69) is 51.6 Å². The van der Waals surface area contributed by atoms with E-state index in [-0.39, 0.29) is 11.6 Å². The molecule has 1 aromatic heterocycles. The molecule has 1 saturated heterocycles. The van der Waals surface area contributed by atoms with E-state index in [4.69, 9.17) is 16.3 Å². The van der Waals surface area contributed by atoms with Gasteiger partial charge in [0.2, 0.25) is 0 Å². The molecule has 8 heteroatoms. The second-order valence-corrected chi connectivity index (χ2v) is 8.58. The van der Waals surface area contributed by atoms with Crippen LogP contribution in [0.2, 0.25) is 5.02 Å². The summed E-state index contributed by atoms with van der Waals surface area (Å²) in [6.45, 7) is 9.25. The van der Waals surface area contributed by atoms with E-state index in [1.807, 2.05) is 29.1 Å². The van der Waals surface area contributed by atoms with Crippen molar-refractivity contribution in [2.45, 2.75) is 38.5 Å². The van der Waals surface area contributed by atoms with Gasteiger partial charge < -0.3 is 15.4 Å². The van der Waals surface area contributed by atoms with Gasteiger partial charge in [-0.15, -0.1) is 0 Å². The number of ether oxygens (including phenoxy) is 1. The maximum atomic E-state index is 6.12. The van der Waals surface area contributed by atoms with Gasteiger partial charge in [0.1, 0.15) is 0 Å².